The molecule has 0 aliphatic rings. The number of amides is 1. The number of rotatable bonds is 2. The molecule has 0 rings (SSSR count). The highest BCUT2D eigenvalue weighted by Crippen LogP contribution is 1.88. The van der Waals surface area contributed by atoms with E-state index in [9.17, 15) is 14.7 Å². The van der Waals surface area contributed by atoms with Crippen LogP contribution in [-0.2, 0) is 9.59 Å². The number of carbonyl (C=O) groups excluding carboxylic acids is 2. The van der Waals surface area contributed by atoms with Crippen molar-refractivity contribution in [2.75, 3.05) is 5.75 Å². The molecule has 0 bridgehead atoms. The van der Waals surface area contributed by atoms with Gasteiger partial charge in [0.15, 0.2) is 0 Å². The van der Waals surface area contributed by atoms with Crippen LogP contribution in [0.4, 0.5) is 0 Å². The van der Waals surface area contributed by atoms with Crippen LogP contribution in [0, 0.1) is 0 Å². The minimum atomic E-state index is -1.70. The quantitative estimate of drug-likeness (QED) is 0.383. The first-order valence-corrected chi connectivity index (χ1v) is 3.30. The van der Waals surface area contributed by atoms with Crippen LogP contribution in [0.1, 0.15) is 6.92 Å². The van der Waals surface area contributed by atoms with E-state index in [1.54, 1.807) is 6.92 Å². The van der Waals surface area contributed by atoms with Gasteiger partial charge in [-0.25, -0.2) is 0 Å². The van der Waals surface area contributed by atoms with Gasteiger partial charge < -0.3 is 9.90 Å². The zero-order valence-electron chi connectivity index (χ0n) is 4.84. The number of carboxylic acids is 1. The Kier molecular flexibility index (Phi) is 3.87. The van der Waals surface area contributed by atoms with Gasteiger partial charge in [-0.15, -0.1) is 0 Å². The van der Waals surface area contributed by atoms with Crippen LogP contribution in [0.25, 0.3) is 0 Å². The van der Waals surface area contributed by atoms with Crippen LogP contribution in [-0.4, -0.2) is 17.6 Å². The number of aliphatic carboxylic acids is 1. The molecular weight excluding hydrogens is 142 g/mol. The third kappa shape index (κ3) is 3.84. The standard InChI is InChI=1S/C4H7NO3S/c1-2-9-5-3(6)4(7)8/h2H2,1H3,(H,5,6)(H,7,8)/p-1. The van der Waals surface area contributed by atoms with E-state index < -0.39 is 11.9 Å². The molecule has 4 nitrogen and oxygen atoms in total. The van der Waals surface area contributed by atoms with Crippen molar-refractivity contribution in [1.82, 2.24) is 4.72 Å². The topological polar surface area (TPSA) is 69.2 Å². The Labute approximate surface area is 56.8 Å². The maximum atomic E-state index is 10.1. The third-order valence-electron chi connectivity index (χ3n) is 0.495. The van der Waals surface area contributed by atoms with Gasteiger partial charge in [0.05, 0.1) is 0 Å². The first-order chi connectivity index (χ1) is 4.18. The molecule has 0 aromatic carbocycles. The lowest BCUT2D eigenvalue weighted by molar-refractivity contribution is -0.300. The van der Waals surface area contributed by atoms with Crippen molar-refractivity contribution in [1.29, 1.82) is 0 Å². The first kappa shape index (κ1) is 8.29. The number of hydrogen-bond donors (Lipinski definition) is 1. The molecule has 1 amide bonds. The SMILES string of the molecule is CCSNC(=O)C(=O)[O-]. The maximum absolute atomic E-state index is 10.1. The summed E-state index contributed by atoms with van der Waals surface area (Å²) >= 11 is 1.02. The van der Waals surface area contributed by atoms with Gasteiger partial charge in [-0.3, -0.25) is 9.52 Å². The molecule has 0 aliphatic heterocycles. The zero-order valence-corrected chi connectivity index (χ0v) is 5.66. The van der Waals surface area contributed by atoms with E-state index in [-0.39, 0.29) is 0 Å². The fourth-order valence-corrected chi connectivity index (χ4v) is 0.538. The number of nitrogens with one attached hydrogen (secondary N) is 1. The van der Waals surface area contributed by atoms with Gasteiger partial charge in [0, 0.05) is 5.75 Å². The Morgan fingerprint density at radius 3 is 2.56 bits per heavy atom. The van der Waals surface area contributed by atoms with E-state index in [2.05, 4.69) is 0 Å². The predicted molar refractivity (Wildman–Crippen MR) is 31.3 cm³/mol. The van der Waals surface area contributed by atoms with Crippen molar-refractivity contribution in [3.05, 3.63) is 0 Å². The summed E-state index contributed by atoms with van der Waals surface area (Å²) in [6, 6.07) is 0. The molecular formula is C4H6NO3S-. The molecule has 9 heavy (non-hydrogen) atoms. The molecule has 0 aromatic rings. The molecule has 0 spiro atoms. The highest BCUT2D eigenvalue weighted by Gasteiger charge is 1.97. The normalized spacial score (nSPS) is 8.56. The summed E-state index contributed by atoms with van der Waals surface area (Å²) in [5.41, 5.74) is 0. The van der Waals surface area contributed by atoms with Crippen molar-refractivity contribution in [3.8, 4) is 0 Å². The van der Waals surface area contributed by atoms with Crippen LogP contribution < -0.4 is 9.83 Å². The monoisotopic (exact) mass is 148 g/mol. The second-order valence-corrected chi connectivity index (χ2v) is 2.22. The van der Waals surface area contributed by atoms with E-state index >= 15 is 0 Å². The van der Waals surface area contributed by atoms with Gasteiger partial charge in [0.2, 0.25) is 0 Å². The molecule has 0 atom stereocenters. The molecule has 0 unspecified atom stereocenters. The van der Waals surface area contributed by atoms with Gasteiger partial charge in [0.1, 0.15) is 5.97 Å². The van der Waals surface area contributed by atoms with Crippen molar-refractivity contribution >= 4 is 23.8 Å². The first-order valence-electron chi connectivity index (χ1n) is 2.31. The largest absolute Gasteiger partial charge is 0.540 e. The Bertz CT molecular complexity index is 125. The molecule has 1 N–H and O–H groups in total. The number of carbonyl (C=O) groups is 2. The minimum Gasteiger partial charge on any atom is -0.540 e. The second kappa shape index (κ2) is 4.20. The summed E-state index contributed by atoms with van der Waals surface area (Å²) in [6.07, 6.45) is 0. The lowest BCUT2D eigenvalue weighted by Gasteiger charge is -2.00. The van der Waals surface area contributed by atoms with Crippen molar-refractivity contribution < 1.29 is 14.7 Å². The summed E-state index contributed by atoms with van der Waals surface area (Å²) in [5.74, 6) is -2.14. The molecule has 0 radical (unpaired) electrons. The summed E-state index contributed by atoms with van der Waals surface area (Å²) in [5, 5.41) is 9.67. The van der Waals surface area contributed by atoms with Gasteiger partial charge >= 0.3 is 0 Å². The number of hydrogen-bond acceptors (Lipinski definition) is 4. The fraction of sp³-hybridized carbons (Fsp3) is 0.500. The van der Waals surface area contributed by atoms with Crippen molar-refractivity contribution in [2.24, 2.45) is 0 Å². The van der Waals surface area contributed by atoms with E-state index in [0.29, 0.717) is 5.75 Å². The molecule has 0 heterocycles. The summed E-state index contributed by atoms with van der Waals surface area (Å²) in [7, 11) is 0. The van der Waals surface area contributed by atoms with Crippen LogP contribution >= 0.6 is 11.9 Å². The molecule has 0 aliphatic carbocycles. The van der Waals surface area contributed by atoms with Crippen LogP contribution in [0.3, 0.4) is 0 Å². The molecule has 0 saturated carbocycles. The van der Waals surface area contributed by atoms with E-state index in [0.717, 1.165) is 11.9 Å². The molecule has 0 aromatic heterocycles. The average Bonchev–Trinajstić information content (AvgIpc) is 1.82. The smallest absolute Gasteiger partial charge is 0.276 e. The lowest BCUT2D eigenvalue weighted by Crippen LogP contribution is -2.38. The summed E-state index contributed by atoms with van der Waals surface area (Å²) in [4.78, 5) is 19.8. The molecule has 5 heteroatoms. The summed E-state index contributed by atoms with van der Waals surface area (Å²) < 4.78 is 2.05. The van der Waals surface area contributed by atoms with Gasteiger partial charge in [-0.1, -0.05) is 18.9 Å². The van der Waals surface area contributed by atoms with Crippen LogP contribution in [0.5, 0.6) is 0 Å². The highest BCUT2D eigenvalue weighted by molar-refractivity contribution is 7.97. The number of carboxylic acid groups (broad SMARTS) is 1. The van der Waals surface area contributed by atoms with Crippen LogP contribution in [0.15, 0.2) is 0 Å². The minimum absolute atomic E-state index is 0.638. The Morgan fingerprint density at radius 1 is 1.67 bits per heavy atom. The Morgan fingerprint density at radius 2 is 2.22 bits per heavy atom. The van der Waals surface area contributed by atoms with E-state index in [4.69, 9.17) is 0 Å². The van der Waals surface area contributed by atoms with Gasteiger partial charge in [-0.2, -0.15) is 0 Å². The fourth-order valence-electron chi connectivity index (χ4n) is 0.179. The third-order valence-corrected chi connectivity index (χ3v) is 1.11. The molecule has 52 valence electrons. The second-order valence-electron chi connectivity index (χ2n) is 1.15. The Hall–Kier alpha value is -0.710. The highest BCUT2D eigenvalue weighted by atomic mass is 32.2. The van der Waals surface area contributed by atoms with Gasteiger partial charge in [0.25, 0.3) is 5.91 Å². The van der Waals surface area contributed by atoms with E-state index in [1.165, 1.54) is 0 Å². The summed E-state index contributed by atoms with van der Waals surface area (Å²) in [6.45, 7) is 1.79. The average molecular weight is 148 g/mol. The van der Waals surface area contributed by atoms with Crippen molar-refractivity contribution in [3.63, 3.8) is 0 Å². The Balaban J connectivity index is 3.39. The van der Waals surface area contributed by atoms with Crippen molar-refractivity contribution in [2.45, 2.75) is 6.92 Å². The van der Waals surface area contributed by atoms with E-state index in [1.807, 2.05) is 4.72 Å². The predicted octanol–water partition coefficient (Wildman–Crippen LogP) is -1.48. The van der Waals surface area contributed by atoms with Crippen LogP contribution in [0.2, 0.25) is 0 Å². The lowest BCUT2D eigenvalue weighted by atomic mass is 10.7. The molecule has 0 saturated heterocycles. The van der Waals surface area contributed by atoms with Gasteiger partial charge in [-0.05, 0) is 0 Å². The molecule has 0 fully saturated rings. The zero-order chi connectivity index (χ0) is 7.28. The maximum Gasteiger partial charge on any atom is 0.276 e.